The molecule has 0 aromatic carbocycles. The third kappa shape index (κ3) is 77.6. The van der Waals surface area contributed by atoms with E-state index in [0.29, 0.717) is 0 Å². The molecule has 0 heterocycles. The van der Waals surface area contributed by atoms with Crippen molar-refractivity contribution >= 4 is 0 Å². The van der Waals surface area contributed by atoms with Crippen LogP contribution in [0.15, 0.2) is 13.2 Å². The molecule has 0 saturated carbocycles. The Balaban J connectivity index is -0.0000000480. The van der Waals surface area contributed by atoms with Crippen LogP contribution in [0.1, 0.15) is 0 Å². The molecular formula is C4H10FeO2. The van der Waals surface area contributed by atoms with Gasteiger partial charge in [0, 0.05) is 17.1 Å². The van der Waals surface area contributed by atoms with Gasteiger partial charge < -0.3 is 10.2 Å². The fourth-order valence-electron chi connectivity index (χ4n) is 0. The summed E-state index contributed by atoms with van der Waals surface area (Å²) in [6.07, 6.45) is 0. The Kier molecular flexibility index (Phi) is 78.2. The minimum atomic E-state index is -0.125. The summed E-state index contributed by atoms with van der Waals surface area (Å²) in [5.74, 6) is 0. The molecule has 0 fully saturated rings. The molecule has 46 valence electrons. The fraction of sp³-hybridized carbons (Fsp3) is 0.500. The molecule has 2 nitrogen and oxygen atoms in total. The van der Waals surface area contributed by atoms with Crippen LogP contribution in [0.5, 0.6) is 0 Å². The maximum absolute atomic E-state index is 7.62. The second-order valence-electron chi connectivity index (χ2n) is 0.447. The van der Waals surface area contributed by atoms with Crippen LogP contribution in [-0.4, -0.2) is 23.4 Å². The van der Waals surface area contributed by atoms with Crippen LogP contribution in [0.2, 0.25) is 0 Å². The summed E-state index contributed by atoms with van der Waals surface area (Å²) < 4.78 is 0. The first-order valence-electron chi connectivity index (χ1n) is 1.63. The molecule has 0 saturated heterocycles. The van der Waals surface area contributed by atoms with Crippen LogP contribution in [0.4, 0.5) is 0 Å². The van der Waals surface area contributed by atoms with E-state index in [2.05, 4.69) is 13.2 Å². The summed E-state index contributed by atoms with van der Waals surface area (Å²) in [6, 6.07) is 0. The van der Waals surface area contributed by atoms with Crippen molar-refractivity contribution in [2.75, 3.05) is 13.2 Å². The molecule has 0 aliphatic rings. The SMILES string of the molecule is C=C.OCCO.[Fe]. The molecule has 0 aliphatic heterocycles. The van der Waals surface area contributed by atoms with Gasteiger partial charge in [-0.15, -0.1) is 13.2 Å². The van der Waals surface area contributed by atoms with Gasteiger partial charge in [-0.05, 0) is 0 Å². The van der Waals surface area contributed by atoms with Crippen LogP contribution in [-0.2, 0) is 17.1 Å². The molecule has 2 N–H and O–H groups in total. The average Bonchev–Trinajstić information content (AvgIpc) is 1.72. The standard InChI is InChI=1S/C2H6O2.C2H4.Fe/c3-1-2-4;1-2;/h3-4H,1-2H2;1-2H2;. The number of aliphatic hydroxyl groups is 2. The predicted octanol–water partition coefficient (Wildman–Crippen LogP) is -0.229. The van der Waals surface area contributed by atoms with Crippen LogP contribution in [0.25, 0.3) is 0 Å². The molecular weight excluding hydrogens is 136 g/mol. The van der Waals surface area contributed by atoms with Crippen molar-refractivity contribution in [3.05, 3.63) is 13.2 Å². The molecule has 0 spiro atoms. The first kappa shape index (κ1) is 15.7. The summed E-state index contributed by atoms with van der Waals surface area (Å²) in [6.45, 7) is 5.75. The van der Waals surface area contributed by atoms with E-state index in [9.17, 15) is 0 Å². The summed E-state index contributed by atoms with van der Waals surface area (Å²) in [5.41, 5.74) is 0. The van der Waals surface area contributed by atoms with Crippen LogP contribution < -0.4 is 0 Å². The van der Waals surface area contributed by atoms with E-state index < -0.39 is 0 Å². The molecule has 0 aromatic heterocycles. The van der Waals surface area contributed by atoms with Crippen molar-refractivity contribution in [1.82, 2.24) is 0 Å². The molecule has 7 heavy (non-hydrogen) atoms. The van der Waals surface area contributed by atoms with E-state index >= 15 is 0 Å². The van der Waals surface area contributed by atoms with Gasteiger partial charge in [0.05, 0.1) is 13.2 Å². The molecule has 0 aliphatic carbocycles. The summed E-state index contributed by atoms with van der Waals surface area (Å²) in [7, 11) is 0. The third-order valence-corrected chi connectivity index (χ3v) is 0.1000. The fourth-order valence-corrected chi connectivity index (χ4v) is 0. The number of aliphatic hydroxyl groups excluding tert-OH is 2. The molecule has 0 unspecified atom stereocenters. The monoisotopic (exact) mass is 146 g/mol. The molecule has 3 heteroatoms. The van der Waals surface area contributed by atoms with Crippen LogP contribution in [0.3, 0.4) is 0 Å². The van der Waals surface area contributed by atoms with Crippen molar-refractivity contribution in [2.45, 2.75) is 0 Å². The zero-order chi connectivity index (χ0) is 5.41. The molecule has 0 aromatic rings. The zero-order valence-corrected chi connectivity index (χ0v) is 5.18. The second kappa shape index (κ2) is 34.9. The molecule has 0 amide bonds. The Bertz CT molecular complexity index is 17.2. The van der Waals surface area contributed by atoms with E-state index in [1.54, 1.807) is 0 Å². The quantitative estimate of drug-likeness (QED) is 0.396. The van der Waals surface area contributed by atoms with Gasteiger partial charge in [-0.3, -0.25) is 0 Å². The topological polar surface area (TPSA) is 40.5 Å². The largest absolute Gasteiger partial charge is 0.394 e. The summed E-state index contributed by atoms with van der Waals surface area (Å²) in [4.78, 5) is 0. The maximum Gasteiger partial charge on any atom is 0.0662 e. The first-order valence-corrected chi connectivity index (χ1v) is 1.63. The van der Waals surface area contributed by atoms with E-state index in [-0.39, 0.29) is 30.3 Å². The van der Waals surface area contributed by atoms with Crippen LogP contribution in [0, 0.1) is 0 Å². The molecule has 0 atom stereocenters. The minimum Gasteiger partial charge on any atom is -0.394 e. The molecule has 0 bridgehead atoms. The Labute approximate surface area is 54.3 Å². The van der Waals surface area contributed by atoms with Gasteiger partial charge in [0.15, 0.2) is 0 Å². The number of rotatable bonds is 1. The zero-order valence-electron chi connectivity index (χ0n) is 4.08. The van der Waals surface area contributed by atoms with Gasteiger partial charge in [-0.1, -0.05) is 0 Å². The van der Waals surface area contributed by atoms with Crippen molar-refractivity contribution < 1.29 is 27.3 Å². The first-order chi connectivity index (χ1) is 2.91. The average molecular weight is 146 g/mol. The van der Waals surface area contributed by atoms with Gasteiger partial charge in [0.25, 0.3) is 0 Å². The Morgan fingerprint density at radius 1 is 1.00 bits per heavy atom. The Hall–Kier alpha value is 0.179. The summed E-state index contributed by atoms with van der Waals surface area (Å²) in [5, 5.41) is 15.2. The van der Waals surface area contributed by atoms with Crippen molar-refractivity contribution in [2.24, 2.45) is 0 Å². The Morgan fingerprint density at radius 2 is 1.14 bits per heavy atom. The smallest absolute Gasteiger partial charge is 0.0662 e. The van der Waals surface area contributed by atoms with Gasteiger partial charge in [0.2, 0.25) is 0 Å². The van der Waals surface area contributed by atoms with Gasteiger partial charge >= 0.3 is 0 Å². The number of hydrogen-bond donors (Lipinski definition) is 2. The maximum atomic E-state index is 7.62. The van der Waals surface area contributed by atoms with Crippen molar-refractivity contribution in [1.29, 1.82) is 0 Å². The molecule has 0 rings (SSSR count). The third-order valence-electron chi connectivity index (χ3n) is 0.1000. The summed E-state index contributed by atoms with van der Waals surface area (Å²) >= 11 is 0. The van der Waals surface area contributed by atoms with Gasteiger partial charge in [0.1, 0.15) is 0 Å². The number of hydrogen-bond acceptors (Lipinski definition) is 2. The van der Waals surface area contributed by atoms with Crippen LogP contribution >= 0.6 is 0 Å². The minimum absolute atomic E-state index is 0. The van der Waals surface area contributed by atoms with Crippen molar-refractivity contribution in [3.8, 4) is 0 Å². The van der Waals surface area contributed by atoms with Gasteiger partial charge in [-0.25, -0.2) is 0 Å². The second-order valence-corrected chi connectivity index (χ2v) is 0.447. The van der Waals surface area contributed by atoms with Crippen molar-refractivity contribution in [3.63, 3.8) is 0 Å². The Morgan fingerprint density at radius 3 is 1.14 bits per heavy atom. The van der Waals surface area contributed by atoms with E-state index in [1.165, 1.54) is 0 Å². The molecule has 0 radical (unpaired) electrons. The van der Waals surface area contributed by atoms with Gasteiger partial charge in [-0.2, -0.15) is 0 Å². The predicted molar refractivity (Wildman–Crippen MR) is 25.4 cm³/mol. The van der Waals surface area contributed by atoms with E-state index in [4.69, 9.17) is 10.2 Å². The normalized spacial score (nSPS) is 4.86. The van der Waals surface area contributed by atoms with E-state index in [0.717, 1.165) is 0 Å². The van der Waals surface area contributed by atoms with E-state index in [1.807, 2.05) is 0 Å².